The third-order valence-corrected chi connectivity index (χ3v) is 5.55. The van der Waals surface area contributed by atoms with Crippen LogP contribution < -0.4 is 10.6 Å². The fourth-order valence-electron chi connectivity index (χ4n) is 4.07. The topological polar surface area (TPSA) is 135 Å². The van der Waals surface area contributed by atoms with Crippen LogP contribution in [0.5, 0.6) is 0 Å². The zero-order chi connectivity index (χ0) is 24.1. The van der Waals surface area contributed by atoms with Gasteiger partial charge in [0.05, 0.1) is 12.7 Å². The number of benzene rings is 2. The van der Waals surface area contributed by atoms with Gasteiger partial charge in [-0.2, -0.15) is 0 Å². The molecule has 0 aliphatic heterocycles. The molecule has 1 aromatic heterocycles. The monoisotopic (exact) mass is 463 g/mol. The zero-order valence-electron chi connectivity index (χ0n) is 18.6. The summed E-state index contributed by atoms with van der Waals surface area (Å²) in [5, 5.41) is 21.6. The lowest BCUT2D eigenvalue weighted by Gasteiger charge is -2.17. The molecule has 1 aliphatic carbocycles. The van der Waals surface area contributed by atoms with Crippen LogP contribution in [-0.4, -0.2) is 50.7 Å². The van der Waals surface area contributed by atoms with E-state index in [-0.39, 0.29) is 37.9 Å². The van der Waals surface area contributed by atoms with Crippen molar-refractivity contribution in [3.8, 4) is 11.1 Å². The van der Waals surface area contributed by atoms with E-state index in [0.29, 0.717) is 5.69 Å². The highest BCUT2D eigenvalue weighted by atomic mass is 16.5. The molecule has 0 spiro atoms. The Hall–Kier alpha value is -4.21. The van der Waals surface area contributed by atoms with Crippen LogP contribution in [0.25, 0.3) is 11.1 Å². The minimum absolute atomic E-state index is 0.0358. The zero-order valence-corrected chi connectivity index (χ0v) is 18.6. The van der Waals surface area contributed by atoms with Crippen LogP contribution in [0, 0.1) is 0 Å². The lowest BCUT2D eigenvalue weighted by atomic mass is 9.98. The largest absolute Gasteiger partial charge is 0.480 e. The summed E-state index contributed by atoms with van der Waals surface area (Å²) in [4.78, 5) is 35.2. The van der Waals surface area contributed by atoms with E-state index in [1.54, 1.807) is 6.92 Å². The number of aromatic nitrogens is 3. The Kier molecular flexibility index (Phi) is 6.86. The molecule has 10 heteroatoms. The van der Waals surface area contributed by atoms with Crippen LogP contribution in [0.3, 0.4) is 0 Å². The molecule has 0 unspecified atom stereocenters. The fraction of sp³-hybridized carbons (Fsp3) is 0.292. The van der Waals surface area contributed by atoms with Gasteiger partial charge in [0.2, 0.25) is 5.91 Å². The van der Waals surface area contributed by atoms with Crippen LogP contribution in [0.15, 0.2) is 54.7 Å². The summed E-state index contributed by atoms with van der Waals surface area (Å²) in [5.41, 5.74) is 5.00. The number of carbonyl (C=O) groups excluding carboxylic acids is 2. The quantitative estimate of drug-likeness (QED) is 0.443. The molecular formula is C24H25N5O5. The van der Waals surface area contributed by atoms with Gasteiger partial charge in [-0.3, -0.25) is 9.59 Å². The van der Waals surface area contributed by atoms with Crippen LogP contribution in [0.1, 0.15) is 36.1 Å². The highest BCUT2D eigenvalue weighted by molar-refractivity contribution is 5.79. The van der Waals surface area contributed by atoms with Crippen LogP contribution in [-0.2, 0) is 27.4 Å². The molecule has 0 saturated carbocycles. The first-order valence-electron chi connectivity index (χ1n) is 10.9. The molecule has 0 bridgehead atoms. The first kappa shape index (κ1) is 23.0. The van der Waals surface area contributed by atoms with Gasteiger partial charge in [0.25, 0.3) is 0 Å². The van der Waals surface area contributed by atoms with Crippen molar-refractivity contribution in [2.24, 2.45) is 0 Å². The van der Waals surface area contributed by atoms with Gasteiger partial charge < -0.3 is 20.5 Å². The Morgan fingerprint density at radius 2 is 1.74 bits per heavy atom. The van der Waals surface area contributed by atoms with Gasteiger partial charge >= 0.3 is 12.1 Å². The van der Waals surface area contributed by atoms with Crippen molar-refractivity contribution in [3.05, 3.63) is 71.5 Å². The highest BCUT2D eigenvalue weighted by Crippen LogP contribution is 2.44. The number of nitrogens with one attached hydrogen (secondary N) is 2. The molecule has 2 amide bonds. The molecule has 0 saturated heterocycles. The molecule has 3 N–H and O–H groups in total. The van der Waals surface area contributed by atoms with Gasteiger partial charge in [0.1, 0.15) is 18.8 Å². The standard InChI is InChI=1S/C24H25N5O5/c1-15(10-22(30)25-11-16-12-29(28-27-16)13-23(31)32)26-24(33)34-14-21-19-8-4-2-6-17(19)18-7-3-5-9-20(18)21/h2-9,12,15,21H,10-11,13-14H2,1H3,(H,25,30)(H,26,33)(H,31,32)/t15-/m1/s1. The van der Waals surface area contributed by atoms with E-state index >= 15 is 0 Å². The van der Waals surface area contributed by atoms with Crippen molar-refractivity contribution in [1.29, 1.82) is 0 Å². The lowest BCUT2D eigenvalue weighted by Crippen LogP contribution is -2.38. The Labute approximate surface area is 195 Å². The lowest BCUT2D eigenvalue weighted by molar-refractivity contribution is -0.138. The maximum Gasteiger partial charge on any atom is 0.407 e. The second-order valence-corrected chi connectivity index (χ2v) is 8.15. The number of ether oxygens (including phenoxy) is 1. The van der Waals surface area contributed by atoms with E-state index in [0.717, 1.165) is 22.3 Å². The molecular weight excluding hydrogens is 438 g/mol. The molecule has 3 aromatic rings. The number of carboxylic acids is 1. The Bertz CT molecular complexity index is 1160. The molecule has 10 nitrogen and oxygen atoms in total. The van der Waals surface area contributed by atoms with Crippen LogP contribution in [0.4, 0.5) is 4.79 Å². The molecule has 1 atom stereocenters. The van der Waals surface area contributed by atoms with Gasteiger partial charge in [-0.05, 0) is 29.2 Å². The fourth-order valence-corrected chi connectivity index (χ4v) is 4.07. The normalized spacial score (nSPS) is 13.0. The Balaban J connectivity index is 1.23. The van der Waals surface area contributed by atoms with Crippen LogP contribution >= 0.6 is 0 Å². The molecule has 4 rings (SSSR count). The number of hydrogen-bond donors (Lipinski definition) is 3. The van der Waals surface area contributed by atoms with Crippen LogP contribution in [0.2, 0.25) is 0 Å². The highest BCUT2D eigenvalue weighted by Gasteiger charge is 2.29. The first-order chi connectivity index (χ1) is 16.4. The van der Waals surface area contributed by atoms with E-state index in [4.69, 9.17) is 9.84 Å². The second-order valence-electron chi connectivity index (χ2n) is 8.15. The average molecular weight is 463 g/mol. The minimum Gasteiger partial charge on any atom is -0.480 e. The number of alkyl carbamates (subject to hydrolysis) is 1. The number of aliphatic carboxylic acids is 1. The number of amides is 2. The molecule has 34 heavy (non-hydrogen) atoms. The van der Waals surface area contributed by atoms with Gasteiger partial charge in [-0.1, -0.05) is 53.7 Å². The van der Waals surface area contributed by atoms with Gasteiger partial charge in [0.15, 0.2) is 0 Å². The van der Waals surface area contributed by atoms with Crippen molar-refractivity contribution < 1.29 is 24.2 Å². The van der Waals surface area contributed by atoms with Crippen molar-refractivity contribution in [2.45, 2.75) is 38.4 Å². The van der Waals surface area contributed by atoms with E-state index in [2.05, 4.69) is 45.2 Å². The molecule has 1 aliphatic rings. The van der Waals surface area contributed by atoms with E-state index in [9.17, 15) is 14.4 Å². The number of rotatable bonds is 9. The predicted molar refractivity (Wildman–Crippen MR) is 122 cm³/mol. The van der Waals surface area contributed by atoms with E-state index in [1.165, 1.54) is 10.9 Å². The van der Waals surface area contributed by atoms with Crippen molar-refractivity contribution in [2.75, 3.05) is 6.61 Å². The summed E-state index contributed by atoms with van der Waals surface area (Å²) in [6, 6.07) is 15.7. The van der Waals surface area contributed by atoms with E-state index in [1.807, 2.05) is 24.3 Å². The SMILES string of the molecule is C[C@H](CC(=O)NCc1cn(CC(=O)O)nn1)NC(=O)OCC1c2ccccc2-c2ccccc21. The maximum absolute atomic E-state index is 12.4. The molecule has 176 valence electrons. The van der Waals surface area contributed by atoms with Gasteiger partial charge in [0, 0.05) is 18.4 Å². The summed E-state index contributed by atoms with van der Waals surface area (Å²) in [5.74, 6) is -1.36. The number of carboxylic acid groups (broad SMARTS) is 1. The van der Waals surface area contributed by atoms with Crippen molar-refractivity contribution in [3.63, 3.8) is 0 Å². The molecule has 1 heterocycles. The Morgan fingerprint density at radius 3 is 2.38 bits per heavy atom. The molecule has 0 radical (unpaired) electrons. The average Bonchev–Trinajstić information content (AvgIpc) is 3.38. The third-order valence-electron chi connectivity index (χ3n) is 5.55. The summed E-state index contributed by atoms with van der Waals surface area (Å²) >= 11 is 0. The third kappa shape index (κ3) is 5.40. The minimum atomic E-state index is -1.03. The summed E-state index contributed by atoms with van der Waals surface area (Å²) in [6.45, 7) is 1.72. The van der Waals surface area contributed by atoms with E-state index < -0.39 is 18.1 Å². The summed E-state index contributed by atoms with van der Waals surface area (Å²) in [7, 11) is 0. The first-order valence-corrected chi connectivity index (χ1v) is 10.9. The summed E-state index contributed by atoms with van der Waals surface area (Å²) < 4.78 is 6.68. The van der Waals surface area contributed by atoms with Gasteiger partial charge in [-0.15, -0.1) is 5.10 Å². The van der Waals surface area contributed by atoms with Crippen molar-refractivity contribution >= 4 is 18.0 Å². The second kappa shape index (κ2) is 10.2. The molecule has 0 fully saturated rings. The van der Waals surface area contributed by atoms with Crippen molar-refractivity contribution in [1.82, 2.24) is 25.6 Å². The summed E-state index contributed by atoms with van der Waals surface area (Å²) in [6.07, 6.45) is 0.916. The Morgan fingerprint density at radius 1 is 1.09 bits per heavy atom. The number of carbonyl (C=O) groups is 3. The smallest absolute Gasteiger partial charge is 0.407 e. The molecule has 2 aromatic carbocycles. The predicted octanol–water partition coefficient (Wildman–Crippen LogP) is 2.30. The van der Waals surface area contributed by atoms with Gasteiger partial charge in [-0.25, -0.2) is 9.48 Å². The number of nitrogens with zero attached hydrogens (tertiary/aromatic N) is 3. The maximum atomic E-state index is 12.4. The number of fused-ring (bicyclic) bond motifs is 3. The number of hydrogen-bond acceptors (Lipinski definition) is 6.